The lowest BCUT2D eigenvalue weighted by Crippen LogP contribution is -2.49. The van der Waals surface area contributed by atoms with Gasteiger partial charge in [-0.05, 0) is 25.7 Å². The van der Waals surface area contributed by atoms with E-state index in [0.29, 0.717) is 44.5 Å². The highest BCUT2D eigenvalue weighted by atomic mass is 16.7. The maximum absolute atomic E-state index is 12.4. The average molecular weight is 335 g/mol. The first-order valence-corrected chi connectivity index (χ1v) is 9.08. The Morgan fingerprint density at radius 3 is 2.62 bits per heavy atom. The molecule has 4 rings (SSSR count). The third-order valence-electron chi connectivity index (χ3n) is 5.81. The Morgan fingerprint density at radius 1 is 1.21 bits per heavy atom. The Kier molecular flexibility index (Phi) is 4.20. The zero-order chi connectivity index (χ0) is 16.6. The molecule has 0 aromatic rings. The second kappa shape index (κ2) is 6.35. The summed E-state index contributed by atoms with van der Waals surface area (Å²) in [6, 6.07) is 0.310. The molecule has 0 aromatic heterocycles. The van der Waals surface area contributed by atoms with Gasteiger partial charge in [-0.1, -0.05) is 5.16 Å². The lowest BCUT2D eigenvalue weighted by atomic mass is 9.86. The number of hydrogen-bond donors (Lipinski definition) is 1. The van der Waals surface area contributed by atoms with Crippen LogP contribution >= 0.6 is 0 Å². The van der Waals surface area contributed by atoms with Crippen LogP contribution in [0.15, 0.2) is 5.16 Å². The van der Waals surface area contributed by atoms with E-state index in [9.17, 15) is 9.59 Å². The number of likely N-dealkylation sites (tertiary alicyclic amines) is 1. The van der Waals surface area contributed by atoms with E-state index in [2.05, 4.69) is 10.5 Å². The molecule has 3 fully saturated rings. The lowest BCUT2D eigenvalue weighted by Gasteiger charge is -2.38. The average Bonchev–Trinajstić information content (AvgIpc) is 3.21. The van der Waals surface area contributed by atoms with Crippen LogP contribution in [-0.4, -0.2) is 60.4 Å². The molecule has 1 aliphatic carbocycles. The van der Waals surface area contributed by atoms with Crippen molar-refractivity contribution in [3.8, 4) is 0 Å². The molecule has 7 heteroatoms. The van der Waals surface area contributed by atoms with Crippen molar-refractivity contribution in [1.29, 1.82) is 0 Å². The highest BCUT2D eigenvalue weighted by molar-refractivity contribution is 6.39. The fourth-order valence-corrected chi connectivity index (χ4v) is 3.85. The molecule has 24 heavy (non-hydrogen) atoms. The van der Waals surface area contributed by atoms with Gasteiger partial charge < -0.3 is 19.8 Å². The molecule has 3 aliphatic heterocycles. The second-order valence-corrected chi connectivity index (χ2v) is 7.48. The maximum atomic E-state index is 12.4. The molecular formula is C17H25N3O4. The van der Waals surface area contributed by atoms with Crippen molar-refractivity contribution in [1.82, 2.24) is 10.2 Å². The summed E-state index contributed by atoms with van der Waals surface area (Å²) < 4.78 is 5.31. The molecule has 0 bridgehead atoms. The van der Waals surface area contributed by atoms with Crippen molar-refractivity contribution in [2.75, 3.05) is 26.3 Å². The zero-order valence-corrected chi connectivity index (χ0v) is 14.0. The molecule has 2 amide bonds. The molecule has 4 aliphatic rings. The Balaban J connectivity index is 1.28. The zero-order valence-electron chi connectivity index (χ0n) is 14.0. The maximum Gasteiger partial charge on any atom is 0.269 e. The normalized spacial score (nSPS) is 29.1. The molecule has 3 heterocycles. The highest BCUT2D eigenvalue weighted by Crippen LogP contribution is 2.35. The molecule has 1 saturated carbocycles. The smallest absolute Gasteiger partial charge is 0.269 e. The number of hydrogen-bond acceptors (Lipinski definition) is 5. The van der Waals surface area contributed by atoms with Crippen LogP contribution in [0.25, 0.3) is 0 Å². The third kappa shape index (κ3) is 3.01. The number of piperidine rings is 1. The van der Waals surface area contributed by atoms with Gasteiger partial charge in [0.15, 0.2) is 0 Å². The van der Waals surface area contributed by atoms with Gasteiger partial charge in [0, 0.05) is 45.0 Å². The van der Waals surface area contributed by atoms with Gasteiger partial charge in [-0.2, -0.15) is 0 Å². The van der Waals surface area contributed by atoms with Gasteiger partial charge in [0.1, 0.15) is 11.3 Å². The summed E-state index contributed by atoms with van der Waals surface area (Å²) in [5.74, 6) is 0.131. The van der Waals surface area contributed by atoms with Crippen LogP contribution in [0.5, 0.6) is 0 Å². The number of rotatable bonds is 3. The van der Waals surface area contributed by atoms with Crippen molar-refractivity contribution < 1.29 is 19.2 Å². The molecule has 2 saturated heterocycles. The summed E-state index contributed by atoms with van der Waals surface area (Å²) in [5.41, 5.74) is 0.112. The first-order valence-electron chi connectivity index (χ1n) is 9.08. The van der Waals surface area contributed by atoms with Gasteiger partial charge in [0.05, 0.1) is 12.5 Å². The van der Waals surface area contributed by atoms with Crippen LogP contribution in [-0.2, 0) is 19.2 Å². The topological polar surface area (TPSA) is 80.2 Å². The number of oxime groups is 1. The minimum Gasteiger partial charge on any atom is -0.388 e. The summed E-state index contributed by atoms with van der Waals surface area (Å²) in [7, 11) is 0. The fraction of sp³-hybridized carbons (Fsp3) is 0.824. The first kappa shape index (κ1) is 15.9. The molecule has 0 aromatic carbocycles. The number of carbonyl (C=O) groups is 2. The van der Waals surface area contributed by atoms with Gasteiger partial charge in [0.25, 0.3) is 5.91 Å². The Labute approximate surface area is 141 Å². The Morgan fingerprint density at radius 2 is 2.00 bits per heavy atom. The summed E-state index contributed by atoms with van der Waals surface area (Å²) in [4.78, 5) is 32.3. The largest absolute Gasteiger partial charge is 0.388 e. The Hall–Kier alpha value is -1.63. The SMILES string of the molecule is O=C(NC1CCC1)C1=NOC2(CCN(C(=O)C3CCOC3)CC2)C1. The molecule has 1 unspecified atom stereocenters. The summed E-state index contributed by atoms with van der Waals surface area (Å²) in [5, 5.41) is 7.07. The van der Waals surface area contributed by atoms with Crippen molar-refractivity contribution in [2.45, 2.75) is 56.6 Å². The van der Waals surface area contributed by atoms with Crippen LogP contribution < -0.4 is 5.32 Å². The van der Waals surface area contributed by atoms with E-state index in [-0.39, 0.29) is 17.7 Å². The van der Waals surface area contributed by atoms with Crippen molar-refractivity contribution in [2.24, 2.45) is 11.1 Å². The minimum atomic E-state index is -0.394. The van der Waals surface area contributed by atoms with Gasteiger partial charge >= 0.3 is 0 Å². The van der Waals surface area contributed by atoms with Gasteiger partial charge in [-0.3, -0.25) is 9.59 Å². The van der Waals surface area contributed by atoms with Crippen LogP contribution in [0.3, 0.4) is 0 Å². The Bertz CT molecular complexity index is 544. The molecule has 1 spiro atoms. The monoisotopic (exact) mass is 335 g/mol. The second-order valence-electron chi connectivity index (χ2n) is 7.48. The van der Waals surface area contributed by atoms with Crippen LogP contribution in [0.4, 0.5) is 0 Å². The van der Waals surface area contributed by atoms with E-state index in [1.807, 2.05) is 4.90 Å². The summed E-state index contributed by atoms with van der Waals surface area (Å²) in [6.45, 7) is 2.57. The van der Waals surface area contributed by atoms with E-state index in [4.69, 9.17) is 9.57 Å². The third-order valence-corrected chi connectivity index (χ3v) is 5.81. The fourth-order valence-electron chi connectivity index (χ4n) is 3.85. The number of ether oxygens (including phenoxy) is 1. The van der Waals surface area contributed by atoms with Crippen molar-refractivity contribution in [3.63, 3.8) is 0 Å². The quantitative estimate of drug-likeness (QED) is 0.828. The molecule has 1 N–H and O–H groups in total. The van der Waals surface area contributed by atoms with E-state index >= 15 is 0 Å². The van der Waals surface area contributed by atoms with Crippen molar-refractivity contribution in [3.05, 3.63) is 0 Å². The van der Waals surface area contributed by atoms with E-state index < -0.39 is 5.60 Å². The predicted octanol–water partition coefficient (Wildman–Crippen LogP) is 0.829. The molecular weight excluding hydrogens is 310 g/mol. The summed E-state index contributed by atoms with van der Waals surface area (Å²) >= 11 is 0. The molecule has 0 radical (unpaired) electrons. The van der Waals surface area contributed by atoms with Gasteiger partial charge in [-0.15, -0.1) is 0 Å². The molecule has 132 valence electrons. The van der Waals surface area contributed by atoms with Gasteiger partial charge in [0.2, 0.25) is 5.91 Å². The molecule has 1 atom stereocenters. The number of nitrogens with one attached hydrogen (secondary N) is 1. The summed E-state index contributed by atoms with van der Waals surface area (Å²) in [6.07, 6.45) is 6.16. The lowest BCUT2D eigenvalue weighted by molar-refractivity contribution is -0.141. The number of carbonyl (C=O) groups excluding carboxylic acids is 2. The van der Waals surface area contributed by atoms with Crippen LogP contribution in [0.1, 0.15) is 44.9 Å². The van der Waals surface area contributed by atoms with Crippen LogP contribution in [0, 0.1) is 5.92 Å². The van der Waals surface area contributed by atoms with Crippen molar-refractivity contribution >= 4 is 17.5 Å². The van der Waals surface area contributed by atoms with E-state index in [1.54, 1.807) is 0 Å². The van der Waals surface area contributed by atoms with E-state index in [1.165, 1.54) is 6.42 Å². The minimum absolute atomic E-state index is 0.0172. The standard InChI is InChI=1S/C17H25N3O4/c21-15(18-13-2-1-3-13)14-10-17(24-19-14)5-7-20(8-6-17)16(22)12-4-9-23-11-12/h12-13H,1-11H2,(H,18,21). The first-order chi connectivity index (χ1) is 11.7. The highest BCUT2D eigenvalue weighted by Gasteiger charge is 2.45. The number of amides is 2. The van der Waals surface area contributed by atoms with E-state index in [0.717, 1.165) is 32.1 Å². The van der Waals surface area contributed by atoms with Gasteiger partial charge in [-0.25, -0.2) is 0 Å². The molecule has 7 nitrogen and oxygen atoms in total. The number of nitrogens with zero attached hydrogens (tertiary/aromatic N) is 2. The predicted molar refractivity (Wildman–Crippen MR) is 86.4 cm³/mol. The van der Waals surface area contributed by atoms with Crippen LogP contribution in [0.2, 0.25) is 0 Å².